The second-order valence-corrected chi connectivity index (χ2v) is 5.72. The first-order chi connectivity index (χ1) is 11.2. The Morgan fingerprint density at radius 2 is 2.09 bits per heavy atom. The van der Waals surface area contributed by atoms with E-state index in [1.165, 1.54) is 12.8 Å². The Morgan fingerprint density at radius 1 is 1.26 bits per heavy atom. The van der Waals surface area contributed by atoms with Crippen LogP contribution in [0.4, 0.5) is 16.4 Å². The number of benzene rings is 1. The number of hydrogen-bond donors (Lipinski definition) is 2. The quantitative estimate of drug-likeness (QED) is 0.911. The highest BCUT2D eigenvalue weighted by Gasteiger charge is 2.15. The Kier molecular flexibility index (Phi) is 4.71. The topological polar surface area (TPSA) is 70.2 Å². The highest BCUT2D eigenvalue weighted by molar-refractivity contribution is 5.89. The Hall–Kier alpha value is -2.63. The van der Waals surface area contributed by atoms with E-state index >= 15 is 0 Å². The number of carbonyl (C=O) groups is 1. The van der Waals surface area contributed by atoms with Gasteiger partial charge in [-0.15, -0.1) is 0 Å². The van der Waals surface area contributed by atoms with E-state index in [4.69, 9.17) is 0 Å². The van der Waals surface area contributed by atoms with Crippen molar-refractivity contribution in [2.45, 2.75) is 26.3 Å². The number of aryl methyl sites for hydroxylation is 1. The van der Waals surface area contributed by atoms with Crippen LogP contribution in [0.15, 0.2) is 36.5 Å². The maximum Gasteiger partial charge on any atom is 0.319 e. The van der Waals surface area contributed by atoms with Crippen LogP contribution >= 0.6 is 0 Å². The van der Waals surface area contributed by atoms with Crippen LogP contribution in [0, 0.1) is 6.92 Å². The average Bonchev–Trinajstić information content (AvgIpc) is 3.08. The number of carbonyl (C=O) groups excluding carboxylic acids is 1. The number of nitrogens with one attached hydrogen (secondary N) is 2. The lowest BCUT2D eigenvalue weighted by Gasteiger charge is -2.15. The van der Waals surface area contributed by atoms with Gasteiger partial charge >= 0.3 is 6.03 Å². The molecule has 2 heterocycles. The molecule has 1 aliphatic rings. The van der Waals surface area contributed by atoms with Crippen molar-refractivity contribution in [2.75, 3.05) is 23.3 Å². The van der Waals surface area contributed by atoms with E-state index in [9.17, 15) is 4.79 Å². The highest BCUT2D eigenvalue weighted by atomic mass is 16.2. The molecule has 2 aromatic rings. The molecule has 0 bridgehead atoms. The zero-order valence-electron chi connectivity index (χ0n) is 13.2. The third-order valence-corrected chi connectivity index (χ3v) is 3.80. The molecule has 2 N–H and O–H groups in total. The van der Waals surface area contributed by atoms with Crippen LogP contribution in [-0.2, 0) is 6.54 Å². The molecule has 0 radical (unpaired) electrons. The standard InChI is InChI=1S/C17H21N5O/c1-13-5-4-6-14(11-13)21-17(23)19-12-15-7-8-18-16(20-15)22-9-2-3-10-22/h4-8,11H,2-3,9-10,12H2,1H3,(H2,19,21,23). The first-order valence-corrected chi connectivity index (χ1v) is 7.89. The van der Waals surface area contributed by atoms with Gasteiger partial charge in [0.15, 0.2) is 0 Å². The minimum absolute atomic E-state index is 0.239. The molecular formula is C17H21N5O. The maximum atomic E-state index is 12.0. The molecule has 23 heavy (non-hydrogen) atoms. The van der Waals surface area contributed by atoms with Crippen molar-refractivity contribution in [3.8, 4) is 0 Å². The minimum atomic E-state index is -0.239. The van der Waals surface area contributed by atoms with Crippen LogP contribution < -0.4 is 15.5 Å². The lowest BCUT2D eigenvalue weighted by atomic mass is 10.2. The van der Waals surface area contributed by atoms with Gasteiger partial charge in [-0.05, 0) is 43.5 Å². The molecule has 0 spiro atoms. The van der Waals surface area contributed by atoms with E-state index < -0.39 is 0 Å². The number of amides is 2. The zero-order chi connectivity index (χ0) is 16.1. The summed E-state index contributed by atoms with van der Waals surface area (Å²) in [4.78, 5) is 23.0. The molecule has 1 aromatic carbocycles. The SMILES string of the molecule is Cc1cccc(NC(=O)NCc2ccnc(N3CCCC3)n2)c1. The molecule has 0 saturated carbocycles. The van der Waals surface area contributed by atoms with Crippen LogP contribution in [0.3, 0.4) is 0 Å². The number of aromatic nitrogens is 2. The van der Waals surface area contributed by atoms with Gasteiger partial charge in [-0.1, -0.05) is 12.1 Å². The summed E-state index contributed by atoms with van der Waals surface area (Å²) in [6, 6.07) is 9.28. The first kappa shape index (κ1) is 15.3. The van der Waals surface area contributed by atoms with E-state index in [1.807, 2.05) is 37.3 Å². The Labute approximate surface area is 135 Å². The van der Waals surface area contributed by atoms with Gasteiger partial charge in [0, 0.05) is 25.0 Å². The third kappa shape index (κ3) is 4.18. The molecule has 2 amide bonds. The minimum Gasteiger partial charge on any atom is -0.341 e. The second kappa shape index (κ2) is 7.09. The van der Waals surface area contributed by atoms with Gasteiger partial charge in [0.2, 0.25) is 5.95 Å². The summed E-state index contributed by atoms with van der Waals surface area (Å²) in [6.45, 7) is 4.38. The number of hydrogen-bond acceptors (Lipinski definition) is 4. The summed E-state index contributed by atoms with van der Waals surface area (Å²) in [6.07, 6.45) is 4.12. The Bertz CT molecular complexity index is 682. The zero-order valence-corrected chi connectivity index (χ0v) is 13.2. The molecule has 120 valence electrons. The number of nitrogens with zero attached hydrogens (tertiary/aromatic N) is 3. The number of urea groups is 1. The van der Waals surface area contributed by atoms with Gasteiger partial charge in [-0.3, -0.25) is 0 Å². The average molecular weight is 311 g/mol. The van der Waals surface area contributed by atoms with Crippen molar-refractivity contribution in [3.63, 3.8) is 0 Å². The summed E-state index contributed by atoms with van der Waals surface area (Å²) in [5, 5.41) is 5.64. The summed E-state index contributed by atoms with van der Waals surface area (Å²) in [7, 11) is 0. The van der Waals surface area contributed by atoms with Crippen molar-refractivity contribution in [3.05, 3.63) is 47.8 Å². The van der Waals surface area contributed by atoms with Crippen molar-refractivity contribution in [1.29, 1.82) is 0 Å². The molecule has 1 fully saturated rings. The Balaban J connectivity index is 1.55. The van der Waals surface area contributed by atoms with Crippen LogP contribution in [0.1, 0.15) is 24.1 Å². The van der Waals surface area contributed by atoms with Crippen molar-refractivity contribution >= 4 is 17.7 Å². The van der Waals surface area contributed by atoms with Crippen LogP contribution in [0.25, 0.3) is 0 Å². The molecule has 0 unspecified atom stereocenters. The summed E-state index contributed by atoms with van der Waals surface area (Å²) in [5.74, 6) is 0.751. The van der Waals surface area contributed by atoms with Crippen LogP contribution in [-0.4, -0.2) is 29.1 Å². The van der Waals surface area contributed by atoms with Crippen LogP contribution in [0.2, 0.25) is 0 Å². The molecule has 1 aliphatic heterocycles. The molecule has 1 aromatic heterocycles. The Morgan fingerprint density at radius 3 is 2.87 bits per heavy atom. The van der Waals surface area contributed by atoms with Crippen molar-refractivity contribution in [2.24, 2.45) is 0 Å². The summed E-state index contributed by atoms with van der Waals surface area (Å²) in [5.41, 5.74) is 2.69. The molecule has 6 nitrogen and oxygen atoms in total. The van der Waals surface area contributed by atoms with E-state index in [0.717, 1.165) is 36.0 Å². The molecule has 0 atom stereocenters. The lowest BCUT2D eigenvalue weighted by Crippen LogP contribution is -2.29. The number of anilines is 2. The van der Waals surface area contributed by atoms with Gasteiger partial charge in [0.1, 0.15) is 0 Å². The van der Waals surface area contributed by atoms with E-state index in [1.54, 1.807) is 6.20 Å². The largest absolute Gasteiger partial charge is 0.341 e. The smallest absolute Gasteiger partial charge is 0.319 e. The molecular weight excluding hydrogens is 290 g/mol. The summed E-state index contributed by atoms with van der Waals surface area (Å²) >= 11 is 0. The molecule has 3 rings (SSSR count). The maximum absolute atomic E-state index is 12.0. The van der Waals surface area contributed by atoms with E-state index in [-0.39, 0.29) is 6.03 Å². The van der Waals surface area contributed by atoms with E-state index in [2.05, 4.69) is 25.5 Å². The fraction of sp³-hybridized carbons (Fsp3) is 0.353. The van der Waals surface area contributed by atoms with Gasteiger partial charge < -0.3 is 15.5 Å². The van der Waals surface area contributed by atoms with Gasteiger partial charge in [0.05, 0.1) is 12.2 Å². The number of rotatable bonds is 4. The summed E-state index contributed by atoms with van der Waals surface area (Å²) < 4.78 is 0. The predicted octanol–water partition coefficient (Wildman–Crippen LogP) is 2.71. The van der Waals surface area contributed by atoms with Gasteiger partial charge in [-0.2, -0.15) is 0 Å². The predicted molar refractivity (Wildman–Crippen MR) is 90.5 cm³/mol. The fourth-order valence-electron chi connectivity index (χ4n) is 2.62. The van der Waals surface area contributed by atoms with Crippen molar-refractivity contribution < 1.29 is 4.79 Å². The van der Waals surface area contributed by atoms with Gasteiger partial charge in [0.25, 0.3) is 0 Å². The fourth-order valence-corrected chi connectivity index (χ4v) is 2.62. The molecule has 1 saturated heterocycles. The van der Waals surface area contributed by atoms with Crippen molar-refractivity contribution in [1.82, 2.24) is 15.3 Å². The third-order valence-electron chi connectivity index (χ3n) is 3.80. The monoisotopic (exact) mass is 311 g/mol. The first-order valence-electron chi connectivity index (χ1n) is 7.89. The highest BCUT2D eigenvalue weighted by Crippen LogP contribution is 2.15. The second-order valence-electron chi connectivity index (χ2n) is 5.72. The molecule has 0 aliphatic carbocycles. The molecule has 6 heteroatoms. The van der Waals surface area contributed by atoms with Gasteiger partial charge in [-0.25, -0.2) is 14.8 Å². The van der Waals surface area contributed by atoms with E-state index in [0.29, 0.717) is 6.54 Å². The van der Waals surface area contributed by atoms with Crippen LogP contribution in [0.5, 0.6) is 0 Å². The lowest BCUT2D eigenvalue weighted by molar-refractivity contribution is 0.251. The normalized spacial score (nSPS) is 13.9.